The van der Waals surface area contributed by atoms with E-state index in [2.05, 4.69) is 10.6 Å². The quantitative estimate of drug-likeness (QED) is 0.255. The molecule has 3 amide bonds. The van der Waals surface area contributed by atoms with E-state index in [1.807, 2.05) is 13.0 Å². The predicted octanol–water partition coefficient (Wildman–Crippen LogP) is 5.01. The predicted molar refractivity (Wildman–Crippen MR) is 206 cm³/mol. The second-order valence-corrected chi connectivity index (χ2v) is 15.1. The van der Waals surface area contributed by atoms with Crippen molar-refractivity contribution in [2.24, 2.45) is 5.92 Å². The molecule has 16 heteroatoms. The zero-order chi connectivity index (χ0) is 41.3. The molecule has 0 aliphatic carbocycles. The van der Waals surface area contributed by atoms with Gasteiger partial charge in [0.2, 0.25) is 5.91 Å². The van der Waals surface area contributed by atoms with E-state index in [9.17, 15) is 28.7 Å². The van der Waals surface area contributed by atoms with Crippen LogP contribution in [0.25, 0.3) is 0 Å². The van der Waals surface area contributed by atoms with Crippen LogP contribution < -0.4 is 20.3 Å². The van der Waals surface area contributed by atoms with E-state index >= 15 is 0 Å². The van der Waals surface area contributed by atoms with Gasteiger partial charge in [-0.1, -0.05) is 42.3 Å². The fourth-order valence-corrected chi connectivity index (χ4v) is 7.53. The van der Waals surface area contributed by atoms with Crippen LogP contribution in [0.1, 0.15) is 56.5 Å². The number of ether oxygens (including phenoxy) is 5. The number of amides is 3. The summed E-state index contributed by atoms with van der Waals surface area (Å²) in [6, 6.07) is 6.27. The van der Waals surface area contributed by atoms with Crippen molar-refractivity contribution in [3.8, 4) is 5.75 Å². The summed E-state index contributed by atoms with van der Waals surface area (Å²) in [5.41, 5.74) is -0.898. The number of anilines is 2. The number of nitrogens with one attached hydrogen (secondary N) is 2. The Balaban J connectivity index is 1.52. The van der Waals surface area contributed by atoms with Gasteiger partial charge in [0.15, 0.2) is 5.72 Å². The fraction of sp³-hybridized carbons (Fsp3) is 0.500. The largest absolute Gasteiger partial charge is 0.495 e. The number of methoxy groups -OCH3 is 2. The Morgan fingerprint density at radius 3 is 2.59 bits per heavy atom. The number of epoxide rings is 1. The van der Waals surface area contributed by atoms with Crippen LogP contribution in [-0.4, -0.2) is 111 Å². The lowest BCUT2D eigenvalue weighted by Crippen LogP contribution is -2.63. The summed E-state index contributed by atoms with van der Waals surface area (Å²) in [4.78, 5) is 56.8. The van der Waals surface area contributed by atoms with Gasteiger partial charge >= 0.3 is 12.1 Å². The molecular weight excluding hydrogens is 751 g/mol. The lowest BCUT2D eigenvalue weighted by molar-refractivity contribution is -0.158. The number of carbonyl (C=O) groups is 4. The number of allylic oxidation sites excluding steroid dienone is 3. The molecule has 0 aromatic heterocycles. The molecule has 0 spiro atoms. The molecule has 56 heavy (non-hydrogen) atoms. The minimum absolute atomic E-state index is 0.0904. The Morgan fingerprint density at radius 2 is 1.93 bits per heavy atom. The summed E-state index contributed by atoms with van der Waals surface area (Å²) < 4.78 is 43.9. The van der Waals surface area contributed by atoms with Crippen LogP contribution in [0.3, 0.4) is 0 Å². The molecule has 3 aliphatic rings. The number of benzene rings is 2. The second kappa shape index (κ2) is 16.8. The molecule has 304 valence electrons. The maximum Gasteiger partial charge on any atom is 0.409 e. The lowest BCUT2D eigenvalue weighted by Gasteiger charge is -2.42. The number of esters is 1. The first-order chi connectivity index (χ1) is 26.4. The minimum atomic E-state index is -1.86. The third kappa shape index (κ3) is 8.65. The van der Waals surface area contributed by atoms with Gasteiger partial charge in [-0.05, 0) is 63.1 Å². The van der Waals surface area contributed by atoms with Crippen LogP contribution in [0.5, 0.6) is 5.75 Å². The van der Waals surface area contributed by atoms with Crippen molar-refractivity contribution >= 4 is 46.9 Å². The highest BCUT2D eigenvalue weighted by Crippen LogP contribution is 2.49. The number of fused-ring (bicyclic) bond motifs is 5. The topological polar surface area (TPSA) is 169 Å². The molecule has 2 aromatic rings. The highest BCUT2D eigenvalue weighted by Gasteiger charge is 2.64. The van der Waals surface area contributed by atoms with Crippen LogP contribution in [0.15, 0.2) is 54.1 Å². The van der Waals surface area contributed by atoms with E-state index in [0.717, 1.165) is 22.1 Å². The van der Waals surface area contributed by atoms with Gasteiger partial charge in [-0.15, -0.1) is 0 Å². The molecule has 3 N–H and O–H groups in total. The van der Waals surface area contributed by atoms with Crippen molar-refractivity contribution in [1.82, 2.24) is 10.2 Å². The number of hydrogen-bond acceptors (Lipinski definition) is 11. The maximum absolute atomic E-state index is 14.8. The molecule has 3 aliphatic heterocycles. The van der Waals surface area contributed by atoms with Crippen LogP contribution in [0, 0.1) is 11.7 Å². The Kier molecular flexibility index (Phi) is 12.7. The molecule has 0 saturated carbocycles. The molecule has 5 rings (SSSR count). The Hall–Kier alpha value is -4.70. The summed E-state index contributed by atoms with van der Waals surface area (Å²) in [6.07, 6.45) is 0.441. The number of halogens is 2. The van der Waals surface area contributed by atoms with Gasteiger partial charge in [-0.25, -0.2) is 14.0 Å². The molecular formula is C40H50ClFN4O10. The zero-order valence-corrected chi connectivity index (χ0v) is 33.7. The van der Waals surface area contributed by atoms with Gasteiger partial charge < -0.3 is 43.9 Å². The van der Waals surface area contributed by atoms with Crippen LogP contribution in [0.2, 0.25) is 5.02 Å². The van der Waals surface area contributed by atoms with E-state index in [4.69, 9.17) is 35.3 Å². The molecule has 2 saturated heterocycles. The number of likely N-dealkylation sites (N-methyl/N-ethyl adjacent to an activating group) is 1. The van der Waals surface area contributed by atoms with Gasteiger partial charge in [0.1, 0.15) is 46.5 Å². The standard InChI is InChI=1S/C40H50ClFN4O10/c1-21-11-10-12-31(53-9)40(51)20-30(54-38(50)44-40)22(2)35-39(4,56-35)32(19-33(47)46(7)28-16-24(15-21)17-29(52-8)34(28)41)55-37(49)23(3)45(6)36(48)26-18-25(43-5)13-14-27(26)42/h10-14,16-18,22-23,30-32,35,43,51H,15,19-20H2,1-9H3,(H,44,50)/b12-10+,21-11+/t22-,23+,30+,31-,32+,35+,39+,40+/m1/s1. The average Bonchev–Trinajstić information content (AvgIpc) is 3.86. The monoisotopic (exact) mass is 800 g/mol. The van der Waals surface area contributed by atoms with Gasteiger partial charge in [0, 0.05) is 46.3 Å². The molecule has 4 bridgehead atoms. The molecule has 8 atom stereocenters. The normalized spacial score (nSPS) is 30.0. The van der Waals surface area contributed by atoms with E-state index in [-0.39, 0.29) is 17.0 Å². The van der Waals surface area contributed by atoms with Crippen molar-refractivity contribution in [2.75, 3.05) is 45.6 Å². The summed E-state index contributed by atoms with van der Waals surface area (Å²) in [7, 11) is 7.39. The van der Waals surface area contributed by atoms with Gasteiger partial charge in [0.05, 0.1) is 30.9 Å². The Morgan fingerprint density at radius 1 is 1.21 bits per heavy atom. The lowest BCUT2D eigenvalue weighted by atomic mass is 9.83. The highest BCUT2D eigenvalue weighted by atomic mass is 35.5. The smallest absolute Gasteiger partial charge is 0.409 e. The minimum Gasteiger partial charge on any atom is -0.495 e. The highest BCUT2D eigenvalue weighted by molar-refractivity contribution is 6.35. The van der Waals surface area contributed by atoms with Crippen molar-refractivity contribution in [3.05, 3.63) is 76.1 Å². The third-order valence-corrected chi connectivity index (χ3v) is 11.3. The molecule has 2 fully saturated rings. The molecule has 14 nitrogen and oxygen atoms in total. The number of rotatable bonds is 7. The van der Waals surface area contributed by atoms with E-state index < -0.39 is 83.8 Å². The van der Waals surface area contributed by atoms with Gasteiger partial charge in [0.25, 0.3) is 5.91 Å². The van der Waals surface area contributed by atoms with Crippen molar-refractivity contribution in [1.29, 1.82) is 0 Å². The van der Waals surface area contributed by atoms with Crippen molar-refractivity contribution in [3.63, 3.8) is 0 Å². The molecule has 0 unspecified atom stereocenters. The number of carbonyl (C=O) groups excluding carboxylic acids is 4. The number of hydrogen-bond donors (Lipinski definition) is 3. The Bertz CT molecular complexity index is 1930. The Labute approximate surface area is 330 Å². The SMILES string of the molecule is CNc1ccc(F)c(C(=O)N(C)[C@@H](C)C(=O)O[C@H]2CC(=O)N(C)c3cc(cc(OC)c3Cl)C/C(C)=C/C=C/[C@@H](OC)[C@@]3(O)C[C@H](OC(=O)N3)[C@@H](C)[C@@H]3O[C@@]23C)c1. The van der Waals surface area contributed by atoms with E-state index in [0.29, 0.717) is 23.5 Å². The summed E-state index contributed by atoms with van der Waals surface area (Å²) >= 11 is 6.76. The van der Waals surface area contributed by atoms with Crippen LogP contribution in [-0.2, 0) is 35.0 Å². The summed E-state index contributed by atoms with van der Waals surface area (Å²) in [6.45, 7) is 6.76. The number of aliphatic hydroxyl groups is 1. The van der Waals surface area contributed by atoms with Crippen molar-refractivity contribution < 1.29 is 52.4 Å². The summed E-state index contributed by atoms with van der Waals surface area (Å²) in [5, 5.41) is 17.3. The fourth-order valence-electron chi connectivity index (χ4n) is 7.21. The van der Waals surface area contributed by atoms with Gasteiger partial charge in [-0.3, -0.25) is 14.9 Å². The van der Waals surface area contributed by atoms with Crippen molar-refractivity contribution in [2.45, 2.75) is 88.7 Å². The first kappa shape index (κ1) is 42.4. The van der Waals surface area contributed by atoms with E-state index in [1.165, 1.54) is 45.2 Å². The second-order valence-electron chi connectivity index (χ2n) is 14.8. The number of alkyl carbamates (subject to hydrolysis) is 1. The van der Waals surface area contributed by atoms with E-state index in [1.54, 1.807) is 52.2 Å². The number of nitrogens with zero attached hydrogens (tertiary/aromatic N) is 2. The third-order valence-electron chi connectivity index (χ3n) is 10.9. The molecule has 2 aromatic carbocycles. The first-order valence-corrected chi connectivity index (χ1v) is 18.6. The first-order valence-electron chi connectivity index (χ1n) is 18.2. The average molecular weight is 801 g/mol. The van der Waals surface area contributed by atoms with Gasteiger partial charge in [-0.2, -0.15) is 0 Å². The molecule has 3 heterocycles. The summed E-state index contributed by atoms with van der Waals surface area (Å²) in [5.74, 6) is -3.15. The maximum atomic E-state index is 14.8. The van der Waals surface area contributed by atoms with Crippen LogP contribution >= 0.6 is 11.6 Å². The zero-order valence-electron chi connectivity index (χ0n) is 33.0. The van der Waals surface area contributed by atoms with Crippen LogP contribution in [0.4, 0.5) is 20.6 Å². The molecule has 0 radical (unpaired) electrons.